The number of anilines is 1. The van der Waals surface area contributed by atoms with Crippen molar-refractivity contribution in [3.63, 3.8) is 0 Å². The zero-order valence-corrected chi connectivity index (χ0v) is 14.6. The number of benzene rings is 2. The molecule has 1 fully saturated rings. The minimum atomic E-state index is -3.72. The average molecular weight is 347 g/mol. The molecular formula is C18H21NO4S. The predicted octanol–water partition coefficient (Wildman–Crippen LogP) is 2.85. The predicted molar refractivity (Wildman–Crippen MR) is 93.1 cm³/mol. The maximum Gasteiger partial charge on any atom is 0.267 e. The summed E-state index contributed by atoms with van der Waals surface area (Å²) in [5.41, 5.74) is 1.48. The van der Waals surface area contributed by atoms with Crippen LogP contribution in [0, 0.1) is 0 Å². The molecular weight excluding hydrogens is 326 g/mol. The van der Waals surface area contributed by atoms with Gasteiger partial charge in [-0.2, -0.15) is 0 Å². The van der Waals surface area contributed by atoms with Gasteiger partial charge in [-0.3, -0.25) is 4.31 Å². The standard InChI is InChI=1S/C18H21NO4S/c1-3-14-8-7-11-17(18(14)23-13-16-12-22-16)24(20,21)19(2)15-9-5-4-6-10-15/h4-11,16H,3,12-13H2,1-2H3. The summed E-state index contributed by atoms with van der Waals surface area (Å²) < 4.78 is 38.5. The first-order chi connectivity index (χ1) is 11.5. The molecule has 1 saturated heterocycles. The van der Waals surface area contributed by atoms with Crippen molar-refractivity contribution in [2.24, 2.45) is 0 Å². The number of aryl methyl sites for hydroxylation is 1. The van der Waals surface area contributed by atoms with E-state index in [1.54, 1.807) is 31.3 Å². The van der Waals surface area contributed by atoms with Crippen molar-refractivity contribution in [1.29, 1.82) is 0 Å². The topological polar surface area (TPSA) is 59.1 Å². The van der Waals surface area contributed by atoms with E-state index >= 15 is 0 Å². The molecule has 5 nitrogen and oxygen atoms in total. The SMILES string of the molecule is CCc1cccc(S(=O)(=O)N(C)c2ccccc2)c1OCC1CO1. The normalized spacial score (nSPS) is 16.7. The Morgan fingerprint density at radius 3 is 2.50 bits per heavy atom. The van der Waals surface area contributed by atoms with E-state index in [0.717, 1.165) is 5.56 Å². The highest BCUT2D eigenvalue weighted by atomic mass is 32.2. The van der Waals surface area contributed by atoms with Crippen molar-refractivity contribution in [3.8, 4) is 5.75 Å². The highest BCUT2D eigenvalue weighted by molar-refractivity contribution is 7.92. The first-order valence-electron chi connectivity index (χ1n) is 7.94. The van der Waals surface area contributed by atoms with Crippen molar-refractivity contribution < 1.29 is 17.9 Å². The molecule has 0 amide bonds. The van der Waals surface area contributed by atoms with Crippen molar-refractivity contribution in [2.45, 2.75) is 24.3 Å². The third-order valence-electron chi connectivity index (χ3n) is 4.02. The quantitative estimate of drug-likeness (QED) is 0.723. The van der Waals surface area contributed by atoms with Gasteiger partial charge in [-0.15, -0.1) is 0 Å². The van der Waals surface area contributed by atoms with Crippen molar-refractivity contribution in [3.05, 3.63) is 54.1 Å². The second-order valence-corrected chi connectivity index (χ2v) is 7.61. The van der Waals surface area contributed by atoms with Gasteiger partial charge in [0.15, 0.2) is 0 Å². The summed E-state index contributed by atoms with van der Waals surface area (Å²) in [5, 5.41) is 0. The summed E-state index contributed by atoms with van der Waals surface area (Å²) in [6, 6.07) is 14.2. The number of hydrogen-bond acceptors (Lipinski definition) is 4. The molecule has 3 rings (SSSR count). The van der Waals surface area contributed by atoms with Crippen LogP contribution in [0.4, 0.5) is 5.69 Å². The van der Waals surface area contributed by atoms with Crippen LogP contribution in [0.5, 0.6) is 5.75 Å². The number of hydrogen-bond donors (Lipinski definition) is 0. The number of para-hydroxylation sites is 2. The Bertz CT molecular complexity index is 801. The van der Waals surface area contributed by atoms with E-state index < -0.39 is 10.0 Å². The highest BCUT2D eigenvalue weighted by Gasteiger charge is 2.29. The number of epoxide rings is 1. The molecule has 0 N–H and O–H groups in total. The van der Waals surface area contributed by atoms with Gasteiger partial charge in [-0.05, 0) is 30.2 Å². The Morgan fingerprint density at radius 2 is 1.88 bits per heavy atom. The molecule has 0 aliphatic carbocycles. The van der Waals surface area contributed by atoms with E-state index in [2.05, 4.69) is 0 Å². The van der Waals surface area contributed by atoms with Crippen LogP contribution in [-0.2, 0) is 21.2 Å². The molecule has 0 bridgehead atoms. The zero-order chi connectivity index (χ0) is 17.2. The summed E-state index contributed by atoms with van der Waals surface area (Å²) in [7, 11) is -2.16. The molecule has 24 heavy (non-hydrogen) atoms. The van der Waals surface area contributed by atoms with Gasteiger partial charge in [0.25, 0.3) is 10.0 Å². The molecule has 2 aromatic rings. The van der Waals surface area contributed by atoms with Gasteiger partial charge < -0.3 is 9.47 Å². The lowest BCUT2D eigenvalue weighted by atomic mass is 10.1. The van der Waals surface area contributed by atoms with E-state index in [4.69, 9.17) is 9.47 Å². The molecule has 1 heterocycles. The second kappa shape index (κ2) is 6.83. The smallest absolute Gasteiger partial charge is 0.267 e. The first-order valence-corrected chi connectivity index (χ1v) is 9.38. The lowest BCUT2D eigenvalue weighted by molar-refractivity contribution is 0.256. The van der Waals surface area contributed by atoms with Gasteiger partial charge in [0.1, 0.15) is 23.4 Å². The summed E-state index contributed by atoms with van der Waals surface area (Å²) in [6.07, 6.45) is 0.761. The van der Waals surface area contributed by atoms with Gasteiger partial charge >= 0.3 is 0 Å². The van der Waals surface area contributed by atoms with Crippen molar-refractivity contribution >= 4 is 15.7 Å². The van der Waals surface area contributed by atoms with Gasteiger partial charge in [0.05, 0.1) is 12.3 Å². The minimum Gasteiger partial charge on any atom is -0.489 e. The Labute approximate surface area is 142 Å². The number of nitrogens with zero attached hydrogens (tertiary/aromatic N) is 1. The Balaban J connectivity index is 1.99. The lowest BCUT2D eigenvalue weighted by Crippen LogP contribution is -2.27. The highest BCUT2D eigenvalue weighted by Crippen LogP contribution is 2.33. The molecule has 128 valence electrons. The van der Waals surface area contributed by atoms with Crippen LogP contribution in [-0.4, -0.2) is 34.8 Å². The summed E-state index contributed by atoms with van der Waals surface area (Å²) in [6.45, 7) is 3.02. The van der Waals surface area contributed by atoms with E-state index in [-0.39, 0.29) is 11.0 Å². The monoisotopic (exact) mass is 347 g/mol. The fourth-order valence-corrected chi connectivity index (χ4v) is 3.84. The lowest BCUT2D eigenvalue weighted by Gasteiger charge is -2.22. The van der Waals surface area contributed by atoms with Crippen LogP contribution in [0.3, 0.4) is 0 Å². The van der Waals surface area contributed by atoms with E-state index in [0.29, 0.717) is 31.1 Å². The molecule has 0 spiro atoms. The molecule has 0 radical (unpaired) electrons. The maximum absolute atomic E-state index is 13.1. The summed E-state index contributed by atoms with van der Waals surface area (Å²) in [4.78, 5) is 0.189. The van der Waals surface area contributed by atoms with Crippen LogP contribution in [0.25, 0.3) is 0 Å². The third kappa shape index (κ3) is 3.39. The second-order valence-electron chi connectivity index (χ2n) is 5.67. The fourth-order valence-electron chi connectivity index (χ4n) is 2.47. The number of rotatable bonds is 7. The molecule has 1 aliphatic heterocycles. The summed E-state index contributed by atoms with van der Waals surface area (Å²) in [5.74, 6) is 0.429. The number of ether oxygens (including phenoxy) is 2. The van der Waals surface area contributed by atoms with Crippen molar-refractivity contribution in [2.75, 3.05) is 24.6 Å². The zero-order valence-electron chi connectivity index (χ0n) is 13.8. The largest absolute Gasteiger partial charge is 0.489 e. The van der Waals surface area contributed by atoms with Crippen LogP contribution < -0.4 is 9.04 Å². The van der Waals surface area contributed by atoms with Crippen LogP contribution >= 0.6 is 0 Å². The van der Waals surface area contributed by atoms with Gasteiger partial charge in [0, 0.05) is 7.05 Å². The van der Waals surface area contributed by atoms with Crippen molar-refractivity contribution in [1.82, 2.24) is 0 Å². The average Bonchev–Trinajstić information content (AvgIpc) is 3.44. The van der Waals surface area contributed by atoms with Crippen LogP contribution in [0.2, 0.25) is 0 Å². The molecule has 0 saturated carbocycles. The molecule has 6 heteroatoms. The fraction of sp³-hybridized carbons (Fsp3) is 0.333. The van der Waals surface area contributed by atoms with Gasteiger partial charge in [0.2, 0.25) is 0 Å². The number of sulfonamides is 1. The van der Waals surface area contributed by atoms with E-state index in [1.165, 1.54) is 4.31 Å². The van der Waals surface area contributed by atoms with E-state index in [9.17, 15) is 8.42 Å². The maximum atomic E-state index is 13.1. The molecule has 0 aromatic heterocycles. The molecule has 1 aliphatic rings. The third-order valence-corrected chi connectivity index (χ3v) is 5.82. The van der Waals surface area contributed by atoms with E-state index in [1.807, 2.05) is 31.2 Å². The molecule has 1 unspecified atom stereocenters. The van der Waals surface area contributed by atoms with Crippen LogP contribution in [0.1, 0.15) is 12.5 Å². The van der Waals surface area contributed by atoms with Gasteiger partial charge in [-0.25, -0.2) is 8.42 Å². The molecule has 1 atom stereocenters. The van der Waals surface area contributed by atoms with Gasteiger partial charge in [-0.1, -0.05) is 37.3 Å². The molecule has 2 aromatic carbocycles. The Morgan fingerprint density at radius 1 is 1.17 bits per heavy atom. The first kappa shape index (κ1) is 16.8. The minimum absolute atomic E-state index is 0.0670. The van der Waals surface area contributed by atoms with Crippen LogP contribution in [0.15, 0.2) is 53.4 Å². The summed E-state index contributed by atoms with van der Waals surface area (Å²) >= 11 is 0. The Hall–Kier alpha value is -2.05. The Kier molecular flexibility index (Phi) is 4.78.